The number of pyridine rings is 4. The Bertz CT molecular complexity index is 7330. The lowest BCUT2D eigenvalue weighted by atomic mass is 9.75. The average Bonchev–Trinajstić information content (AvgIpc) is 1.59. The van der Waals surface area contributed by atoms with E-state index in [1.165, 1.54) is 29.0 Å². The molecule has 2 amide bonds. The van der Waals surface area contributed by atoms with E-state index >= 15 is 0 Å². The predicted octanol–water partition coefficient (Wildman–Crippen LogP) is 15.8. The summed E-state index contributed by atoms with van der Waals surface area (Å²) in [6.45, 7) is 40.1. The monoisotopic (exact) mass is 1960 g/mol. The summed E-state index contributed by atoms with van der Waals surface area (Å²) in [5.74, 6) is 0.143. The highest BCUT2D eigenvalue weighted by Crippen LogP contribution is 2.40. The van der Waals surface area contributed by atoms with Crippen LogP contribution in [0, 0.1) is 55.4 Å². The van der Waals surface area contributed by atoms with Gasteiger partial charge in [0.25, 0.3) is 16.7 Å². The number of anilines is 1. The van der Waals surface area contributed by atoms with Gasteiger partial charge in [0.2, 0.25) is 0 Å². The number of hydrogen-bond acceptors (Lipinski definition) is 25. The second-order valence-corrected chi connectivity index (χ2v) is 37.8. The summed E-state index contributed by atoms with van der Waals surface area (Å²) in [5, 5.41) is 21.2. The zero-order valence-corrected chi connectivity index (χ0v) is 82.3. The maximum atomic E-state index is 13.0. The van der Waals surface area contributed by atoms with Crippen LogP contribution in [-0.4, -0.2) is 194 Å². The first-order valence-electron chi connectivity index (χ1n) is 43.5. The highest BCUT2D eigenvalue weighted by molar-refractivity contribution is 9.10. The number of fused-ring (bicyclic) bond motifs is 7. The Hall–Kier alpha value is -13.2. The molecule has 38 heteroatoms. The number of nitrogens with one attached hydrogen (secondary N) is 1. The SMILES string of the molecule is CC(=O)CC(=O)c1cc2c(C)nc(C)cn2n1.CC(C)(C)OC(=O)N1CC=C(B2OC(C)(C)C(C)(C)O2)CC1.Cc1cn2nc(-c3cc(=O)n4cc(Br)ccc4n3)cc2c(C)n1.Cc1cn2nc(-c3cc(=O)n4cc(C5=CCN(C(=O)OC(C)(C)C)CC5)ccc4n3)cc2c(C)n1.Cc1cn2nc(-c3cc(=O)n4cc(C5=CCNCC5)ccc4n3)cc2c(C)n1.Cl.Nc1ccc(Br)cn1. The Morgan fingerprint density at radius 1 is 0.478 bits per heavy atom. The number of rotatable bonds is 9. The predicted molar refractivity (Wildman–Crippen MR) is 525 cm³/mol. The Balaban J connectivity index is 0.000000141. The zero-order valence-electron chi connectivity index (χ0n) is 78.3. The third kappa shape index (κ3) is 23.5. The quantitative estimate of drug-likeness (QED) is 0.0770. The van der Waals surface area contributed by atoms with Crippen molar-refractivity contribution in [1.82, 2.24) is 107 Å². The third-order valence-electron chi connectivity index (χ3n) is 22.3. The van der Waals surface area contributed by atoms with Crippen LogP contribution in [0.15, 0.2) is 188 Å². The largest absolute Gasteiger partial charge is 0.490 e. The number of aryl methyl sites for hydroxylation is 8. The minimum absolute atomic E-state index is 0. The van der Waals surface area contributed by atoms with Gasteiger partial charge in [0.05, 0.1) is 127 Å². The minimum Gasteiger partial charge on any atom is -0.444 e. The number of ketones is 2. The van der Waals surface area contributed by atoms with Gasteiger partial charge in [0, 0.05) is 84.7 Å². The molecule has 15 aromatic heterocycles. The van der Waals surface area contributed by atoms with Crippen LogP contribution in [0.25, 0.3) is 84.3 Å². The highest BCUT2D eigenvalue weighted by Gasteiger charge is 2.52. The maximum absolute atomic E-state index is 13.0. The van der Waals surface area contributed by atoms with Crippen molar-refractivity contribution in [2.24, 2.45) is 0 Å². The lowest BCUT2D eigenvalue weighted by Crippen LogP contribution is -2.41. The number of nitrogens with zero attached hydrogens (tertiary/aromatic N) is 21. The van der Waals surface area contributed by atoms with Crippen molar-refractivity contribution in [3.05, 3.63) is 267 Å². The molecule has 0 saturated carbocycles. The summed E-state index contributed by atoms with van der Waals surface area (Å²) in [5.41, 5.74) is 24.8. The van der Waals surface area contributed by atoms with E-state index in [9.17, 15) is 33.6 Å². The lowest BCUT2D eigenvalue weighted by Gasteiger charge is -2.32. The molecular weight excluding hydrogens is 1860 g/mol. The molecule has 19 rings (SSSR count). The number of hydrogen-bond donors (Lipinski definition) is 2. The van der Waals surface area contributed by atoms with Crippen molar-refractivity contribution < 1.29 is 38.0 Å². The number of Topliss-reactive ketones (excluding diaryl/α,β-unsaturated/α-hetero) is 2. The Morgan fingerprint density at radius 2 is 0.873 bits per heavy atom. The van der Waals surface area contributed by atoms with Crippen molar-refractivity contribution in [3.63, 3.8) is 0 Å². The summed E-state index contributed by atoms with van der Waals surface area (Å²) in [4.78, 5) is 124. The van der Waals surface area contributed by atoms with Crippen LogP contribution in [0.1, 0.15) is 169 Å². The van der Waals surface area contributed by atoms with Crippen LogP contribution in [0.4, 0.5) is 15.4 Å². The fourth-order valence-corrected chi connectivity index (χ4v) is 15.7. The first-order valence-corrected chi connectivity index (χ1v) is 45.0. The van der Waals surface area contributed by atoms with Gasteiger partial charge in [0.15, 0.2) is 5.78 Å². The van der Waals surface area contributed by atoms with Gasteiger partial charge in [-0.25, -0.2) is 47.6 Å². The number of carbonyl (C=O) groups excluding carboxylic acids is 4. The summed E-state index contributed by atoms with van der Waals surface area (Å²) >= 11 is 6.59. The van der Waals surface area contributed by atoms with Gasteiger partial charge < -0.3 is 39.6 Å². The van der Waals surface area contributed by atoms with Crippen molar-refractivity contribution in [2.45, 2.75) is 180 Å². The van der Waals surface area contributed by atoms with Gasteiger partial charge in [-0.2, -0.15) is 20.4 Å². The Labute approximate surface area is 796 Å². The molecule has 4 aliphatic heterocycles. The van der Waals surface area contributed by atoms with Gasteiger partial charge in [-0.05, 0) is 290 Å². The normalized spacial score (nSPS) is 14.7. The summed E-state index contributed by atoms with van der Waals surface area (Å²) < 4.78 is 36.4. The third-order valence-corrected chi connectivity index (χ3v) is 23.3. The molecule has 0 atom stereocenters. The van der Waals surface area contributed by atoms with Crippen molar-refractivity contribution in [2.75, 3.05) is 45.0 Å². The molecule has 0 unspecified atom stereocenters. The van der Waals surface area contributed by atoms with Crippen LogP contribution in [0.5, 0.6) is 0 Å². The topological polar surface area (TPSA) is 386 Å². The van der Waals surface area contributed by atoms with E-state index in [1.807, 2.05) is 222 Å². The van der Waals surface area contributed by atoms with Crippen molar-refractivity contribution in [1.29, 1.82) is 0 Å². The van der Waals surface area contributed by atoms with Gasteiger partial charge in [-0.1, -0.05) is 18.2 Å². The Morgan fingerprint density at radius 3 is 1.25 bits per heavy atom. The summed E-state index contributed by atoms with van der Waals surface area (Å²) in [6.07, 6.45) is 22.3. The van der Waals surface area contributed by atoms with Crippen LogP contribution in [-0.2, 0) is 23.6 Å². The molecule has 19 heterocycles. The number of nitrogen functional groups attached to an aromatic ring is 1. The molecule has 1 fully saturated rings. The first kappa shape index (κ1) is 98.3. The van der Waals surface area contributed by atoms with Crippen LogP contribution >= 0.6 is 44.3 Å². The molecule has 0 aromatic carbocycles. The Kier molecular flexibility index (Phi) is 29.6. The molecule has 3 N–H and O–H groups in total. The molecule has 0 aliphatic carbocycles. The summed E-state index contributed by atoms with van der Waals surface area (Å²) in [6, 6.07) is 26.9. The van der Waals surface area contributed by atoms with Gasteiger partial charge in [-0.3, -0.25) is 57.1 Å². The minimum atomic E-state index is -0.523. The van der Waals surface area contributed by atoms with E-state index in [-0.39, 0.29) is 77.6 Å². The average molecular weight is 1970 g/mol. The fraction of sp³-hybridized carbons (Fsp3) is 0.344. The molecule has 34 nitrogen and oxygen atoms in total. The van der Waals surface area contributed by atoms with E-state index in [0.29, 0.717) is 95.2 Å². The first-order chi connectivity index (χ1) is 62.8. The molecule has 4 aliphatic rings. The number of carbonyl (C=O) groups is 4. The zero-order chi connectivity index (χ0) is 95.6. The molecule has 696 valence electrons. The second kappa shape index (κ2) is 40.3. The number of amides is 2. The standard InChI is InChI=1S/C26H28N6O3.C21H20N6O.C16H28BNO4.C16H12BrN5O.C12H13N3O2.C5H5BrN2.ClH/c1-16-14-32-22(17(2)27-16)12-21(29-32)20-13-24(33)31-15-19(6-7-23(31)28-20)18-8-10-30(11-9-18)25(34)35-26(3,4)5;1-13-11-27-19(14(2)23-13)9-18(25-27)17-10-21(28)26-12-16(3-4-20(26)24-17)15-5-7-22-8-6-15;1-14(2,3)20-13(19)18-10-8-12(9-11-18)17-21-15(4,5)16(6,7)22-17;1-9-7-22-14(10(2)18-9)5-13(20-22)12-6-16(23)21-8-11(17)3-4-15(21)19-12;1-7-6-15-11(9(3)13-7)5-10(14-15)12(17)4-8(2)16;6-4-1-2-5(7)8-3-4;/h6-8,12-15H,9-11H2,1-5H3;3-5,9-12,22H,6-8H2,1-2H3;8H,9-11H2,1-7H3;3-8H,1-2H3;5-6H,4H2,1-3H3;1-3H,(H2,7,8);1H. The number of ether oxygens (including phenoxy) is 2. The summed E-state index contributed by atoms with van der Waals surface area (Å²) in [7, 11) is -0.314. The molecule has 1 saturated heterocycles. The number of aromatic nitrogens is 19. The smallest absolute Gasteiger partial charge is 0.444 e. The lowest BCUT2D eigenvalue weighted by molar-refractivity contribution is -0.116. The molecular formula is C96H107BBr2ClN23O11. The van der Waals surface area contributed by atoms with Crippen molar-refractivity contribution >= 4 is 131 Å². The molecule has 0 radical (unpaired) electrons. The van der Waals surface area contributed by atoms with E-state index in [1.54, 1.807) is 79.5 Å². The van der Waals surface area contributed by atoms with Gasteiger partial charge in [0.1, 0.15) is 62.5 Å². The number of halogens is 3. The van der Waals surface area contributed by atoms with Crippen LogP contribution in [0.2, 0.25) is 0 Å². The molecule has 0 spiro atoms. The second-order valence-electron chi connectivity index (χ2n) is 36.0. The van der Waals surface area contributed by atoms with Gasteiger partial charge in [-0.15, -0.1) is 12.4 Å². The van der Waals surface area contributed by atoms with Gasteiger partial charge >= 0.3 is 19.3 Å². The number of nitrogens with two attached hydrogens (primary N) is 1. The van der Waals surface area contributed by atoms with Crippen molar-refractivity contribution in [3.8, 4) is 34.2 Å². The maximum Gasteiger partial charge on any atom is 0.490 e. The van der Waals surface area contributed by atoms with E-state index in [2.05, 4.69) is 104 Å². The van der Waals surface area contributed by atoms with Crippen LogP contribution < -0.4 is 27.7 Å². The molecule has 0 bridgehead atoms. The fourth-order valence-electron chi connectivity index (χ4n) is 15.1. The molecule has 15 aromatic rings. The highest BCUT2D eigenvalue weighted by atomic mass is 79.9. The van der Waals surface area contributed by atoms with E-state index in [4.69, 9.17) is 24.5 Å². The molecule has 134 heavy (non-hydrogen) atoms. The van der Waals surface area contributed by atoms with E-state index in [0.717, 1.165) is 125 Å². The van der Waals surface area contributed by atoms with Crippen LogP contribution in [0.3, 0.4) is 0 Å². The van der Waals surface area contributed by atoms with E-state index < -0.39 is 11.2 Å².